The molecule has 2 atom stereocenters. The number of nitrogens with zero attached hydrogens (tertiary/aromatic N) is 4. The molecule has 1 aliphatic rings. The molecule has 0 saturated carbocycles. The van der Waals surface area contributed by atoms with Crippen molar-refractivity contribution in [1.29, 1.82) is 0 Å². The highest BCUT2D eigenvalue weighted by molar-refractivity contribution is 6.01. The number of nitrogens with one attached hydrogen (secondary N) is 1. The average molecular weight is 460 g/mol. The van der Waals surface area contributed by atoms with Gasteiger partial charge in [0.25, 0.3) is 11.9 Å². The van der Waals surface area contributed by atoms with Gasteiger partial charge in [-0.15, -0.1) is 0 Å². The highest BCUT2D eigenvalue weighted by atomic mass is 19.1. The van der Waals surface area contributed by atoms with E-state index in [1.807, 2.05) is 30.0 Å². The second-order valence-electron chi connectivity index (χ2n) is 8.77. The number of anilines is 1. The number of likely N-dealkylation sites (tertiary alicyclic amines) is 1. The molecule has 2 unspecified atom stereocenters. The summed E-state index contributed by atoms with van der Waals surface area (Å²) in [5.41, 5.74) is 3.29. The third-order valence-corrected chi connectivity index (χ3v) is 6.48. The molecule has 1 aliphatic heterocycles. The zero-order valence-corrected chi connectivity index (χ0v) is 19.2. The molecule has 1 fully saturated rings. The highest BCUT2D eigenvalue weighted by Crippen LogP contribution is 2.30. The van der Waals surface area contributed by atoms with E-state index in [-0.39, 0.29) is 23.7 Å². The van der Waals surface area contributed by atoms with Gasteiger partial charge in [0.2, 0.25) is 0 Å². The molecule has 0 spiro atoms. The predicted molar refractivity (Wildman–Crippen MR) is 128 cm³/mol. The topological polar surface area (TPSA) is 84.2 Å². The number of carbonyl (C=O) groups excluding carboxylic acids is 1. The maximum Gasteiger partial charge on any atom is 0.295 e. The summed E-state index contributed by atoms with van der Waals surface area (Å²) in [6.07, 6.45) is 5.34. The number of benzene rings is 2. The lowest BCUT2D eigenvalue weighted by molar-refractivity contribution is 0.0540. The van der Waals surface area contributed by atoms with Crippen LogP contribution in [-0.4, -0.2) is 44.9 Å². The number of piperidine rings is 1. The van der Waals surface area contributed by atoms with E-state index in [4.69, 9.17) is 4.42 Å². The van der Waals surface area contributed by atoms with Crippen LogP contribution in [0.1, 0.15) is 35.7 Å². The van der Waals surface area contributed by atoms with Crippen molar-refractivity contribution in [3.05, 3.63) is 71.8 Å². The number of fused-ring (bicyclic) bond motifs is 1. The first-order valence-corrected chi connectivity index (χ1v) is 11.5. The third kappa shape index (κ3) is 4.23. The lowest BCUT2D eigenvalue weighted by Gasteiger charge is -2.40. The van der Waals surface area contributed by atoms with E-state index in [1.54, 1.807) is 24.5 Å². The van der Waals surface area contributed by atoms with Crippen LogP contribution in [0.4, 0.5) is 10.4 Å². The predicted octanol–water partition coefficient (Wildman–Crippen LogP) is 5.09. The first-order valence-electron chi connectivity index (χ1n) is 11.5. The van der Waals surface area contributed by atoms with Gasteiger partial charge in [0.1, 0.15) is 11.3 Å². The van der Waals surface area contributed by atoms with Gasteiger partial charge in [-0.25, -0.2) is 14.4 Å². The quantitative estimate of drug-likeness (QED) is 0.448. The summed E-state index contributed by atoms with van der Waals surface area (Å²) in [5, 5.41) is 3.23. The molecule has 2 aromatic carbocycles. The molecule has 0 aliphatic carbocycles. The Bertz CT molecular complexity index is 1320. The zero-order chi connectivity index (χ0) is 23.7. The summed E-state index contributed by atoms with van der Waals surface area (Å²) in [5.74, 6) is 0.420. The number of amides is 1. The van der Waals surface area contributed by atoms with Gasteiger partial charge in [0.15, 0.2) is 11.4 Å². The van der Waals surface area contributed by atoms with Crippen molar-refractivity contribution < 1.29 is 13.6 Å². The van der Waals surface area contributed by atoms with Gasteiger partial charge in [-0.05, 0) is 55.5 Å². The van der Waals surface area contributed by atoms with Crippen LogP contribution >= 0.6 is 0 Å². The Hall–Kier alpha value is -3.81. The van der Waals surface area contributed by atoms with Gasteiger partial charge in [-0.1, -0.05) is 19.1 Å². The van der Waals surface area contributed by atoms with E-state index in [9.17, 15) is 9.18 Å². The van der Waals surface area contributed by atoms with Crippen molar-refractivity contribution in [3.63, 3.8) is 0 Å². The van der Waals surface area contributed by atoms with Crippen molar-refractivity contribution in [2.45, 2.75) is 32.7 Å². The summed E-state index contributed by atoms with van der Waals surface area (Å²) in [4.78, 5) is 29.0. The van der Waals surface area contributed by atoms with Gasteiger partial charge >= 0.3 is 0 Å². The van der Waals surface area contributed by atoms with Crippen LogP contribution in [-0.2, 0) is 0 Å². The van der Waals surface area contributed by atoms with E-state index in [2.05, 4.69) is 27.2 Å². The van der Waals surface area contributed by atoms with Gasteiger partial charge in [0.05, 0.1) is 11.6 Å². The molecule has 174 valence electrons. The number of aryl methyl sites for hydroxylation is 1. The molecule has 1 N–H and O–H groups in total. The molecule has 0 radical (unpaired) electrons. The van der Waals surface area contributed by atoms with Gasteiger partial charge in [-0.2, -0.15) is 4.98 Å². The summed E-state index contributed by atoms with van der Waals surface area (Å²) in [7, 11) is 0. The summed E-state index contributed by atoms with van der Waals surface area (Å²) < 4.78 is 19.2. The third-order valence-electron chi connectivity index (χ3n) is 6.48. The lowest BCUT2D eigenvalue weighted by Crippen LogP contribution is -2.51. The summed E-state index contributed by atoms with van der Waals surface area (Å²) in [6, 6.07) is 12.0. The second kappa shape index (κ2) is 9.21. The standard InChI is InChI=1S/C26H26FN5O2/c1-16-7-4-13-32(21(16)15-30-26-31-20-10-9-18(27)14-22(20)34-26)25(33)19-8-3-6-17(2)23(19)24-28-11-5-12-29-24/h3,5-6,8-12,14,16,21H,4,7,13,15H2,1-2H3,(H,30,31). The van der Waals surface area contributed by atoms with Crippen LogP contribution in [0.2, 0.25) is 0 Å². The highest BCUT2D eigenvalue weighted by Gasteiger charge is 2.34. The number of hydrogen-bond acceptors (Lipinski definition) is 6. The van der Waals surface area contributed by atoms with E-state index in [0.29, 0.717) is 41.6 Å². The van der Waals surface area contributed by atoms with Gasteiger partial charge < -0.3 is 14.6 Å². The van der Waals surface area contributed by atoms with Gasteiger partial charge in [-0.3, -0.25) is 4.79 Å². The number of halogens is 1. The van der Waals surface area contributed by atoms with Crippen LogP contribution in [0.5, 0.6) is 0 Å². The molecular formula is C26H26FN5O2. The molecule has 1 saturated heterocycles. The molecule has 8 heteroatoms. The minimum absolute atomic E-state index is 0.0378. The van der Waals surface area contributed by atoms with E-state index < -0.39 is 0 Å². The molecule has 2 aromatic heterocycles. The Morgan fingerprint density at radius 3 is 2.85 bits per heavy atom. The normalized spacial score (nSPS) is 18.3. The number of rotatable bonds is 5. The molecule has 4 aromatic rings. The van der Waals surface area contributed by atoms with E-state index in [1.165, 1.54) is 12.1 Å². The Kier molecular flexibility index (Phi) is 5.96. The van der Waals surface area contributed by atoms with Gasteiger partial charge in [0, 0.05) is 37.1 Å². The lowest BCUT2D eigenvalue weighted by atomic mass is 9.89. The van der Waals surface area contributed by atoms with Crippen LogP contribution < -0.4 is 5.32 Å². The smallest absolute Gasteiger partial charge is 0.295 e. The first-order chi connectivity index (χ1) is 16.5. The Labute approximate surface area is 197 Å². The maximum atomic E-state index is 13.9. The molecule has 34 heavy (non-hydrogen) atoms. The van der Waals surface area contributed by atoms with Crippen LogP contribution in [0.25, 0.3) is 22.5 Å². The van der Waals surface area contributed by atoms with Crippen molar-refractivity contribution in [2.75, 3.05) is 18.4 Å². The summed E-state index contributed by atoms with van der Waals surface area (Å²) in [6.45, 7) is 5.27. The van der Waals surface area contributed by atoms with Crippen molar-refractivity contribution >= 4 is 23.0 Å². The number of hydrogen-bond donors (Lipinski definition) is 1. The molecular weight excluding hydrogens is 433 g/mol. The fraction of sp³-hybridized carbons (Fsp3) is 0.308. The Morgan fingerprint density at radius 2 is 2.03 bits per heavy atom. The summed E-state index contributed by atoms with van der Waals surface area (Å²) >= 11 is 0. The van der Waals surface area contributed by atoms with E-state index >= 15 is 0 Å². The second-order valence-corrected chi connectivity index (χ2v) is 8.77. The molecule has 1 amide bonds. The number of oxazole rings is 1. The molecule has 5 rings (SSSR count). The van der Waals surface area contributed by atoms with Crippen molar-refractivity contribution in [3.8, 4) is 11.4 Å². The fourth-order valence-electron chi connectivity index (χ4n) is 4.70. The fourth-order valence-corrected chi connectivity index (χ4v) is 4.70. The molecule has 3 heterocycles. The molecule has 7 nitrogen and oxygen atoms in total. The van der Waals surface area contributed by atoms with Crippen molar-refractivity contribution in [2.24, 2.45) is 5.92 Å². The van der Waals surface area contributed by atoms with Crippen molar-refractivity contribution in [1.82, 2.24) is 19.9 Å². The number of carbonyl (C=O) groups is 1. The Balaban J connectivity index is 1.42. The van der Waals surface area contributed by atoms with Crippen LogP contribution in [0.15, 0.2) is 59.3 Å². The molecule has 0 bridgehead atoms. The minimum Gasteiger partial charge on any atom is -0.423 e. The van der Waals surface area contributed by atoms with Crippen LogP contribution in [0.3, 0.4) is 0 Å². The Morgan fingerprint density at radius 1 is 1.21 bits per heavy atom. The minimum atomic E-state index is -0.371. The average Bonchev–Trinajstić information content (AvgIpc) is 3.25. The zero-order valence-electron chi connectivity index (χ0n) is 19.2. The van der Waals surface area contributed by atoms with Crippen LogP contribution in [0, 0.1) is 18.7 Å². The van der Waals surface area contributed by atoms with E-state index in [0.717, 1.165) is 24.0 Å². The largest absolute Gasteiger partial charge is 0.423 e. The number of aromatic nitrogens is 3. The monoisotopic (exact) mass is 459 g/mol. The maximum absolute atomic E-state index is 13.9. The SMILES string of the molecule is Cc1cccc(C(=O)N2CCCC(C)C2CNc2nc3ccc(F)cc3o2)c1-c1ncccn1. The first kappa shape index (κ1) is 22.0.